The summed E-state index contributed by atoms with van der Waals surface area (Å²) in [5, 5.41) is 12.1. The van der Waals surface area contributed by atoms with Crippen LogP contribution in [0.3, 0.4) is 0 Å². The van der Waals surface area contributed by atoms with E-state index < -0.39 is 5.91 Å². The van der Waals surface area contributed by atoms with Crippen LogP contribution in [0.5, 0.6) is 11.5 Å². The number of rotatable bonds is 7. The monoisotopic (exact) mass is 384 g/mol. The number of benzene rings is 3. The first-order valence-corrected chi connectivity index (χ1v) is 9.02. The molecule has 0 radical (unpaired) electrons. The van der Waals surface area contributed by atoms with E-state index in [2.05, 4.69) is 5.32 Å². The zero-order chi connectivity index (χ0) is 20.5. The van der Waals surface area contributed by atoms with E-state index >= 15 is 0 Å². The molecule has 144 valence electrons. The Morgan fingerprint density at radius 3 is 2.24 bits per heavy atom. The van der Waals surface area contributed by atoms with E-state index in [1.165, 1.54) is 0 Å². The molecule has 0 fully saturated rings. The molecule has 5 heteroatoms. The van der Waals surface area contributed by atoms with Gasteiger partial charge in [0.1, 0.15) is 29.7 Å². The minimum absolute atomic E-state index is 0.0128. The first-order chi connectivity index (χ1) is 14.2. The number of carbonyl (C=O) groups excluding carboxylic acids is 1. The molecule has 0 aliphatic heterocycles. The van der Waals surface area contributed by atoms with Crippen molar-refractivity contribution in [2.75, 3.05) is 12.4 Å². The number of nitrogens with one attached hydrogen (secondary N) is 1. The van der Waals surface area contributed by atoms with Crippen LogP contribution >= 0.6 is 0 Å². The molecule has 0 heterocycles. The summed E-state index contributed by atoms with van der Waals surface area (Å²) >= 11 is 0. The molecule has 0 spiro atoms. The molecule has 0 atom stereocenters. The normalized spacial score (nSPS) is 10.7. The van der Waals surface area contributed by atoms with Crippen LogP contribution in [0, 0.1) is 11.3 Å². The largest absolute Gasteiger partial charge is 0.497 e. The molecule has 29 heavy (non-hydrogen) atoms. The van der Waals surface area contributed by atoms with Crippen LogP contribution in [0.2, 0.25) is 0 Å². The molecule has 0 saturated carbocycles. The Bertz CT molecular complexity index is 1020. The molecule has 1 amide bonds. The second-order valence-corrected chi connectivity index (χ2v) is 6.20. The average Bonchev–Trinajstić information content (AvgIpc) is 2.78. The summed E-state index contributed by atoms with van der Waals surface area (Å²) in [6, 6.07) is 26.0. The summed E-state index contributed by atoms with van der Waals surface area (Å²) < 4.78 is 10.8. The number of hydrogen-bond donors (Lipinski definition) is 1. The Kier molecular flexibility index (Phi) is 6.64. The number of ether oxygens (including phenoxy) is 2. The van der Waals surface area contributed by atoms with Crippen LogP contribution < -0.4 is 14.8 Å². The van der Waals surface area contributed by atoms with Crippen LogP contribution in [0.1, 0.15) is 11.1 Å². The second-order valence-electron chi connectivity index (χ2n) is 6.20. The van der Waals surface area contributed by atoms with Gasteiger partial charge in [-0.05, 0) is 53.6 Å². The molecular formula is C24H20N2O3. The SMILES string of the molecule is COc1ccc(NC(=O)/C(C#N)=C/c2ccc(OCc3ccccc3)cc2)cc1. The third-order valence-electron chi connectivity index (χ3n) is 4.15. The highest BCUT2D eigenvalue weighted by molar-refractivity contribution is 6.09. The standard InChI is InChI=1S/C24H20N2O3/c1-28-22-13-9-21(10-14-22)26-24(27)20(16-25)15-18-7-11-23(12-8-18)29-17-19-5-3-2-4-6-19/h2-15H,17H2,1H3,(H,26,27)/b20-15+. The maximum absolute atomic E-state index is 12.4. The van der Waals surface area contributed by atoms with Crippen molar-refractivity contribution in [3.8, 4) is 17.6 Å². The molecule has 0 aromatic heterocycles. The van der Waals surface area contributed by atoms with Gasteiger partial charge in [0.2, 0.25) is 0 Å². The van der Waals surface area contributed by atoms with Gasteiger partial charge in [-0.2, -0.15) is 5.26 Å². The van der Waals surface area contributed by atoms with Crippen molar-refractivity contribution in [1.82, 2.24) is 0 Å². The van der Waals surface area contributed by atoms with Gasteiger partial charge in [-0.3, -0.25) is 4.79 Å². The molecule has 5 nitrogen and oxygen atoms in total. The molecule has 3 aromatic carbocycles. The molecule has 0 aliphatic rings. The predicted molar refractivity (Wildman–Crippen MR) is 112 cm³/mol. The fourth-order valence-corrected chi connectivity index (χ4v) is 2.59. The third kappa shape index (κ3) is 5.72. The van der Waals surface area contributed by atoms with E-state index in [1.807, 2.05) is 48.5 Å². The highest BCUT2D eigenvalue weighted by Crippen LogP contribution is 2.18. The van der Waals surface area contributed by atoms with Gasteiger partial charge >= 0.3 is 0 Å². The van der Waals surface area contributed by atoms with Gasteiger partial charge in [-0.1, -0.05) is 42.5 Å². The molecule has 0 bridgehead atoms. The summed E-state index contributed by atoms with van der Waals surface area (Å²) in [5.41, 5.74) is 2.41. The summed E-state index contributed by atoms with van der Waals surface area (Å²) in [6.07, 6.45) is 1.54. The second kappa shape index (κ2) is 9.77. The van der Waals surface area contributed by atoms with Crippen LogP contribution in [-0.4, -0.2) is 13.0 Å². The fraction of sp³-hybridized carbons (Fsp3) is 0.0833. The molecule has 0 aliphatic carbocycles. The number of nitriles is 1. The summed E-state index contributed by atoms with van der Waals surface area (Å²) in [6.45, 7) is 0.476. The molecule has 3 aromatic rings. The maximum atomic E-state index is 12.4. The number of amides is 1. The van der Waals surface area contributed by atoms with Gasteiger partial charge in [-0.15, -0.1) is 0 Å². The number of hydrogen-bond acceptors (Lipinski definition) is 4. The lowest BCUT2D eigenvalue weighted by atomic mass is 10.1. The quantitative estimate of drug-likeness (QED) is 0.468. The fourth-order valence-electron chi connectivity index (χ4n) is 2.59. The van der Waals surface area contributed by atoms with Gasteiger partial charge in [0, 0.05) is 5.69 Å². The summed E-state index contributed by atoms with van der Waals surface area (Å²) in [4.78, 5) is 12.4. The number of carbonyl (C=O) groups is 1. The van der Waals surface area contributed by atoms with Crippen molar-refractivity contribution >= 4 is 17.7 Å². The predicted octanol–water partition coefficient (Wildman–Crippen LogP) is 4.82. The summed E-state index contributed by atoms with van der Waals surface area (Å²) in [5.74, 6) is 0.933. The number of anilines is 1. The highest BCUT2D eigenvalue weighted by atomic mass is 16.5. The van der Waals surface area contributed by atoms with Gasteiger partial charge in [0.15, 0.2) is 0 Å². The van der Waals surface area contributed by atoms with Crippen molar-refractivity contribution < 1.29 is 14.3 Å². The van der Waals surface area contributed by atoms with Crippen LogP contribution in [0.4, 0.5) is 5.69 Å². The van der Waals surface area contributed by atoms with Crippen molar-refractivity contribution in [2.24, 2.45) is 0 Å². The summed E-state index contributed by atoms with van der Waals surface area (Å²) in [7, 11) is 1.57. The Balaban J connectivity index is 1.63. The van der Waals surface area contributed by atoms with E-state index in [4.69, 9.17) is 9.47 Å². The Morgan fingerprint density at radius 1 is 0.966 bits per heavy atom. The molecule has 0 saturated heterocycles. The number of methoxy groups -OCH3 is 1. The zero-order valence-electron chi connectivity index (χ0n) is 16.0. The Labute approximate surface area is 169 Å². The lowest BCUT2D eigenvalue weighted by molar-refractivity contribution is -0.112. The number of nitrogens with zero attached hydrogens (tertiary/aromatic N) is 1. The third-order valence-corrected chi connectivity index (χ3v) is 4.15. The molecule has 0 unspecified atom stereocenters. The molecule has 1 N–H and O–H groups in total. The smallest absolute Gasteiger partial charge is 0.266 e. The zero-order valence-corrected chi connectivity index (χ0v) is 16.0. The van der Waals surface area contributed by atoms with Gasteiger partial charge in [0.25, 0.3) is 5.91 Å². The lowest BCUT2D eigenvalue weighted by Gasteiger charge is -2.07. The highest BCUT2D eigenvalue weighted by Gasteiger charge is 2.09. The first-order valence-electron chi connectivity index (χ1n) is 9.02. The van der Waals surface area contributed by atoms with Crippen molar-refractivity contribution in [1.29, 1.82) is 5.26 Å². The molecular weight excluding hydrogens is 364 g/mol. The lowest BCUT2D eigenvalue weighted by Crippen LogP contribution is -2.13. The van der Waals surface area contributed by atoms with Crippen LogP contribution in [-0.2, 0) is 11.4 Å². The maximum Gasteiger partial charge on any atom is 0.266 e. The van der Waals surface area contributed by atoms with Gasteiger partial charge in [-0.25, -0.2) is 0 Å². The van der Waals surface area contributed by atoms with E-state index in [1.54, 1.807) is 49.6 Å². The first kappa shape index (κ1) is 19.7. The van der Waals surface area contributed by atoms with E-state index in [0.717, 1.165) is 11.1 Å². The Hall–Kier alpha value is -4.04. The van der Waals surface area contributed by atoms with E-state index in [0.29, 0.717) is 23.8 Å². The van der Waals surface area contributed by atoms with Crippen molar-refractivity contribution in [3.63, 3.8) is 0 Å². The van der Waals surface area contributed by atoms with Gasteiger partial charge in [0.05, 0.1) is 7.11 Å². The van der Waals surface area contributed by atoms with Crippen molar-refractivity contribution in [3.05, 3.63) is 95.6 Å². The Morgan fingerprint density at radius 2 is 1.62 bits per heavy atom. The minimum Gasteiger partial charge on any atom is -0.497 e. The van der Waals surface area contributed by atoms with Gasteiger partial charge < -0.3 is 14.8 Å². The van der Waals surface area contributed by atoms with E-state index in [9.17, 15) is 10.1 Å². The topological polar surface area (TPSA) is 71.3 Å². The van der Waals surface area contributed by atoms with E-state index in [-0.39, 0.29) is 5.57 Å². The minimum atomic E-state index is -0.470. The van der Waals surface area contributed by atoms with Crippen LogP contribution in [0.25, 0.3) is 6.08 Å². The average molecular weight is 384 g/mol. The van der Waals surface area contributed by atoms with Crippen molar-refractivity contribution in [2.45, 2.75) is 6.61 Å². The van der Waals surface area contributed by atoms with Crippen LogP contribution in [0.15, 0.2) is 84.4 Å². The molecule has 3 rings (SSSR count).